The SMILES string of the molecule is [2H]c1c([2H])c([2H])c(-c2nc(-c3ccc(-c4c5ccccc5cc5c4ccc4ccccc45)cc3)nc(-c3ccc(-c4cccc5c4sc4ccccc45)cc3)n2)c([2H])c1[2H]. The van der Waals surface area contributed by atoms with Crippen molar-refractivity contribution >= 4 is 63.8 Å². The summed E-state index contributed by atoms with van der Waals surface area (Å²) in [5.74, 6) is 0.646. The molecular formula is C51H31N3S. The van der Waals surface area contributed by atoms with Crippen LogP contribution in [0.25, 0.3) is 109 Å². The number of nitrogens with zero attached hydrogens (tertiary/aromatic N) is 3. The fraction of sp³-hybridized carbons (Fsp3) is 0. The van der Waals surface area contributed by atoms with Crippen LogP contribution in [0.1, 0.15) is 6.85 Å². The van der Waals surface area contributed by atoms with Gasteiger partial charge in [-0.25, -0.2) is 15.0 Å². The van der Waals surface area contributed by atoms with Crippen LogP contribution in [0, 0.1) is 0 Å². The second-order valence-corrected chi connectivity index (χ2v) is 14.6. The van der Waals surface area contributed by atoms with E-state index in [1.54, 1.807) is 11.3 Å². The maximum atomic E-state index is 8.79. The molecular weight excluding hydrogens is 687 g/mol. The number of hydrogen-bond acceptors (Lipinski definition) is 4. The summed E-state index contributed by atoms with van der Waals surface area (Å²) < 4.78 is 45.0. The zero-order chi connectivity index (χ0) is 40.6. The summed E-state index contributed by atoms with van der Waals surface area (Å²) in [6, 6.07) is 52.4. The molecule has 0 saturated heterocycles. The monoisotopic (exact) mass is 722 g/mol. The molecule has 9 aromatic carbocycles. The number of fused-ring (bicyclic) bond motifs is 7. The summed E-state index contributed by atoms with van der Waals surface area (Å²) in [6.45, 7) is 0. The fourth-order valence-electron chi connectivity index (χ4n) is 7.80. The van der Waals surface area contributed by atoms with Crippen LogP contribution in [0.5, 0.6) is 0 Å². The Balaban J connectivity index is 1.05. The summed E-state index contributed by atoms with van der Waals surface area (Å²) >= 11 is 1.78. The van der Waals surface area contributed by atoms with Crippen LogP contribution in [-0.4, -0.2) is 15.0 Å². The van der Waals surface area contributed by atoms with Gasteiger partial charge < -0.3 is 0 Å². The van der Waals surface area contributed by atoms with Crippen LogP contribution in [0.2, 0.25) is 0 Å². The molecule has 0 atom stereocenters. The normalized spacial score (nSPS) is 12.9. The van der Waals surface area contributed by atoms with Crippen molar-refractivity contribution in [3.63, 3.8) is 0 Å². The van der Waals surface area contributed by atoms with Gasteiger partial charge in [0.1, 0.15) is 0 Å². The van der Waals surface area contributed by atoms with Crippen LogP contribution in [0.4, 0.5) is 0 Å². The largest absolute Gasteiger partial charge is 0.208 e. The Morgan fingerprint density at radius 1 is 0.382 bits per heavy atom. The second-order valence-electron chi connectivity index (χ2n) is 13.6. The maximum absolute atomic E-state index is 8.79. The van der Waals surface area contributed by atoms with Crippen LogP contribution in [0.3, 0.4) is 0 Å². The molecule has 2 heterocycles. The van der Waals surface area contributed by atoms with E-state index in [-0.39, 0.29) is 23.5 Å². The van der Waals surface area contributed by atoms with E-state index in [0.717, 1.165) is 38.4 Å². The van der Waals surface area contributed by atoms with Crippen molar-refractivity contribution in [1.82, 2.24) is 15.0 Å². The number of aromatic nitrogens is 3. The first-order valence-corrected chi connectivity index (χ1v) is 18.9. The summed E-state index contributed by atoms with van der Waals surface area (Å²) in [6.07, 6.45) is 0. The van der Waals surface area contributed by atoms with Gasteiger partial charge in [-0.3, -0.25) is 0 Å². The van der Waals surface area contributed by atoms with Gasteiger partial charge >= 0.3 is 0 Å². The Morgan fingerprint density at radius 2 is 0.964 bits per heavy atom. The highest BCUT2D eigenvalue weighted by molar-refractivity contribution is 7.26. The first kappa shape index (κ1) is 26.7. The molecule has 0 saturated carbocycles. The molecule has 0 bridgehead atoms. The minimum absolute atomic E-state index is 0.00196. The molecule has 256 valence electrons. The van der Waals surface area contributed by atoms with E-state index in [1.165, 1.54) is 36.3 Å². The summed E-state index contributed by atoms with van der Waals surface area (Å²) in [7, 11) is 0. The molecule has 4 heteroatoms. The van der Waals surface area contributed by atoms with Crippen molar-refractivity contribution < 1.29 is 6.85 Å². The molecule has 0 spiro atoms. The molecule has 11 aromatic rings. The van der Waals surface area contributed by atoms with Gasteiger partial charge in [0.05, 0.1) is 6.85 Å². The van der Waals surface area contributed by atoms with E-state index >= 15 is 0 Å². The van der Waals surface area contributed by atoms with E-state index in [2.05, 4.69) is 133 Å². The van der Waals surface area contributed by atoms with Crippen LogP contribution in [-0.2, 0) is 0 Å². The molecule has 0 N–H and O–H groups in total. The molecule has 0 unspecified atom stereocenters. The molecule has 2 aromatic heterocycles. The van der Waals surface area contributed by atoms with Gasteiger partial charge in [0.2, 0.25) is 0 Å². The van der Waals surface area contributed by atoms with Crippen molar-refractivity contribution in [3.8, 4) is 56.4 Å². The highest BCUT2D eigenvalue weighted by Gasteiger charge is 2.16. The van der Waals surface area contributed by atoms with Gasteiger partial charge in [0.25, 0.3) is 0 Å². The van der Waals surface area contributed by atoms with E-state index in [1.807, 2.05) is 24.3 Å². The molecule has 11 rings (SSSR count). The first-order chi connectivity index (χ1) is 29.3. The van der Waals surface area contributed by atoms with Crippen molar-refractivity contribution in [2.75, 3.05) is 0 Å². The van der Waals surface area contributed by atoms with Crippen molar-refractivity contribution in [3.05, 3.63) is 188 Å². The van der Waals surface area contributed by atoms with E-state index < -0.39 is 18.1 Å². The number of thiophene rings is 1. The number of hydrogen-bond donors (Lipinski definition) is 0. The zero-order valence-electron chi connectivity index (χ0n) is 34.3. The molecule has 3 nitrogen and oxygen atoms in total. The van der Waals surface area contributed by atoms with E-state index in [4.69, 9.17) is 21.8 Å². The molecule has 0 aliphatic carbocycles. The van der Waals surface area contributed by atoms with Crippen LogP contribution in [0.15, 0.2) is 188 Å². The number of rotatable bonds is 5. The Morgan fingerprint density at radius 3 is 1.71 bits per heavy atom. The average Bonchev–Trinajstić information content (AvgIpc) is 3.69. The van der Waals surface area contributed by atoms with Crippen LogP contribution < -0.4 is 0 Å². The summed E-state index contributed by atoms with van der Waals surface area (Å²) in [4.78, 5) is 14.6. The first-order valence-electron chi connectivity index (χ1n) is 20.6. The smallest absolute Gasteiger partial charge is 0.164 e. The van der Waals surface area contributed by atoms with Gasteiger partial charge in [-0.2, -0.15) is 0 Å². The average molecular weight is 723 g/mol. The standard InChI is InChI=1S/C51H31N3S/c1-2-12-35(13-3-1)49-52-50(36-25-21-33(22-26-36)41-18-10-19-44-42-17-8-9-20-46(42)55-48(41)44)54-51(53-49)37-27-23-34(24-28-37)47-40-16-7-5-14-38(40)31-45-39-15-6-4-11-32(39)29-30-43(45)47/h1-31H/i1D,2D,3D,12D,13D. The molecule has 0 aliphatic heterocycles. The highest BCUT2D eigenvalue weighted by Crippen LogP contribution is 2.41. The molecule has 0 radical (unpaired) electrons. The summed E-state index contributed by atoms with van der Waals surface area (Å²) in [5.41, 5.74) is 5.64. The predicted octanol–water partition coefficient (Wildman–Crippen LogP) is 14.0. The van der Waals surface area contributed by atoms with Crippen molar-refractivity contribution in [2.45, 2.75) is 0 Å². The van der Waals surface area contributed by atoms with Gasteiger partial charge in [0.15, 0.2) is 17.5 Å². The quantitative estimate of drug-likeness (QED) is 0.131. The Hall–Kier alpha value is -7.01. The van der Waals surface area contributed by atoms with Gasteiger partial charge in [-0.15, -0.1) is 11.3 Å². The Labute approximate surface area is 328 Å². The molecule has 55 heavy (non-hydrogen) atoms. The minimum atomic E-state index is -0.475. The minimum Gasteiger partial charge on any atom is -0.208 e. The van der Waals surface area contributed by atoms with Crippen LogP contribution >= 0.6 is 11.3 Å². The third-order valence-corrected chi connectivity index (χ3v) is 11.6. The topological polar surface area (TPSA) is 38.7 Å². The molecule has 0 fully saturated rings. The lowest BCUT2D eigenvalue weighted by molar-refractivity contribution is 1.07. The van der Waals surface area contributed by atoms with Gasteiger partial charge in [-0.05, 0) is 66.7 Å². The fourth-order valence-corrected chi connectivity index (χ4v) is 9.04. The molecule has 0 amide bonds. The molecule has 0 aliphatic rings. The third kappa shape index (κ3) is 5.38. The van der Waals surface area contributed by atoms with Crippen molar-refractivity contribution in [1.29, 1.82) is 0 Å². The Bertz CT molecular complexity index is 3520. The predicted molar refractivity (Wildman–Crippen MR) is 232 cm³/mol. The third-order valence-electron chi connectivity index (χ3n) is 10.4. The Kier molecular flexibility index (Phi) is 6.23. The lowest BCUT2D eigenvalue weighted by Crippen LogP contribution is -2.00. The second kappa shape index (κ2) is 12.8. The lowest BCUT2D eigenvalue weighted by Gasteiger charge is -2.14. The van der Waals surface area contributed by atoms with E-state index in [9.17, 15) is 0 Å². The maximum Gasteiger partial charge on any atom is 0.164 e. The summed E-state index contributed by atoms with van der Waals surface area (Å²) in [5, 5.41) is 9.47. The van der Waals surface area contributed by atoms with Crippen molar-refractivity contribution in [2.24, 2.45) is 0 Å². The van der Waals surface area contributed by atoms with E-state index in [0.29, 0.717) is 22.8 Å². The number of benzene rings is 9. The van der Waals surface area contributed by atoms with Gasteiger partial charge in [-0.1, -0.05) is 176 Å². The highest BCUT2D eigenvalue weighted by atomic mass is 32.1. The zero-order valence-corrected chi connectivity index (χ0v) is 30.1. The van der Waals surface area contributed by atoms with Gasteiger partial charge in [0, 0.05) is 36.9 Å². The lowest BCUT2D eigenvalue weighted by atomic mass is 9.89.